The lowest BCUT2D eigenvalue weighted by atomic mass is 10.1. The smallest absolute Gasteiger partial charge is 0.337 e. The number of anilines is 2. The van der Waals surface area contributed by atoms with Crippen LogP contribution in [0, 0.1) is 13.8 Å². The van der Waals surface area contributed by atoms with Crippen LogP contribution in [0.15, 0.2) is 47.5 Å². The fourth-order valence-electron chi connectivity index (χ4n) is 2.63. The lowest BCUT2D eigenvalue weighted by Crippen LogP contribution is -2.54. The summed E-state index contributed by atoms with van der Waals surface area (Å²) in [5, 5.41) is 4.01. The Kier molecular flexibility index (Phi) is 5.39. The van der Waals surface area contributed by atoms with Crippen LogP contribution in [-0.2, 0) is 14.3 Å². The summed E-state index contributed by atoms with van der Waals surface area (Å²) >= 11 is 0. The summed E-state index contributed by atoms with van der Waals surface area (Å²) in [7, 11) is 1.29. The van der Waals surface area contributed by atoms with Gasteiger partial charge in [0.2, 0.25) is 5.84 Å². The molecular weight excluding hydrogens is 360 g/mol. The van der Waals surface area contributed by atoms with Crippen LogP contribution in [0.25, 0.3) is 0 Å². The van der Waals surface area contributed by atoms with Gasteiger partial charge in [0.25, 0.3) is 11.8 Å². The van der Waals surface area contributed by atoms with E-state index in [-0.39, 0.29) is 18.3 Å². The average Bonchev–Trinajstić information content (AvgIpc) is 2.70. The third-order valence-corrected chi connectivity index (χ3v) is 4.25. The number of hydrazine groups is 1. The summed E-state index contributed by atoms with van der Waals surface area (Å²) in [5.41, 5.74) is 5.96. The van der Waals surface area contributed by atoms with Crippen molar-refractivity contribution in [1.29, 1.82) is 0 Å². The van der Waals surface area contributed by atoms with E-state index < -0.39 is 11.9 Å². The second kappa shape index (κ2) is 7.91. The Morgan fingerprint density at radius 2 is 1.86 bits per heavy atom. The number of hydrogen-bond donors (Lipinski definition) is 2. The van der Waals surface area contributed by atoms with Crippen molar-refractivity contribution in [1.82, 2.24) is 5.43 Å². The van der Waals surface area contributed by atoms with Crippen LogP contribution in [0.5, 0.6) is 0 Å². The summed E-state index contributed by atoms with van der Waals surface area (Å²) in [6, 6.07) is 12.2. The average molecular weight is 380 g/mol. The van der Waals surface area contributed by atoms with Gasteiger partial charge in [0.05, 0.1) is 18.4 Å². The maximum Gasteiger partial charge on any atom is 0.337 e. The number of aliphatic imine (C=N–C) groups is 1. The van der Waals surface area contributed by atoms with Gasteiger partial charge in [-0.3, -0.25) is 20.0 Å². The van der Waals surface area contributed by atoms with Gasteiger partial charge in [0, 0.05) is 5.69 Å². The normalized spacial score (nSPS) is 13.5. The zero-order chi connectivity index (χ0) is 20.3. The molecule has 1 aliphatic heterocycles. The van der Waals surface area contributed by atoms with Gasteiger partial charge in [0.15, 0.2) is 0 Å². The van der Waals surface area contributed by atoms with E-state index in [9.17, 15) is 14.4 Å². The Hall–Kier alpha value is -3.68. The molecule has 0 aromatic heterocycles. The highest BCUT2D eigenvalue weighted by Crippen LogP contribution is 2.19. The topological polar surface area (TPSA) is 100 Å². The van der Waals surface area contributed by atoms with Crippen molar-refractivity contribution in [2.45, 2.75) is 13.8 Å². The van der Waals surface area contributed by atoms with Crippen molar-refractivity contribution < 1.29 is 19.1 Å². The molecule has 28 heavy (non-hydrogen) atoms. The van der Waals surface area contributed by atoms with E-state index in [4.69, 9.17) is 4.74 Å². The molecule has 0 atom stereocenters. The Bertz CT molecular complexity index is 967. The molecule has 2 aromatic carbocycles. The van der Waals surface area contributed by atoms with Crippen molar-refractivity contribution in [3.05, 3.63) is 59.2 Å². The number of rotatable bonds is 4. The van der Waals surface area contributed by atoms with E-state index in [1.807, 2.05) is 19.1 Å². The molecule has 8 nitrogen and oxygen atoms in total. The van der Waals surface area contributed by atoms with Gasteiger partial charge in [-0.2, -0.15) is 0 Å². The molecule has 0 radical (unpaired) electrons. The Balaban J connectivity index is 1.78. The summed E-state index contributed by atoms with van der Waals surface area (Å²) in [6.45, 7) is 3.60. The van der Waals surface area contributed by atoms with Gasteiger partial charge in [-0.15, -0.1) is 0 Å². The molecule has 3 rings (SSSR count). The molecule has 8 heteroatoms. The van der Waals surface area contributed by atoms with Crippen molar-refractivity contribution in [2.75, 3.05) is 24.0 Å². The molecule has 144 valence electrons. The number of aryl methyl sites for hydroxylation is 2. The lowest BCUT2D eigenvalue weighted by molar-refractivity contribution is -0.118. The number of benzene rings is 2. The van der Waals surface area contributed by atoms with Crippen molar-refractivity contribution in [3.63, 3.8) is 0 Å². The van der Waals surface area contributed by atoms with Gasteiger partial charge in [-0.05, 0) is 43.7 Å². The van der Waals surface area contributed by atoms with Crippen molar-refractivity contribution in [3.8, 4) is 0 Å². The highest BCUT2D eigenvalue weighted by atomic mass is 16.5. The first-order valence-electron chi connectivity index (χ1n) is 8.60. The van der Waals surface area contributed by atoms with Gasteiger partial charge in [-0.1, -0.05) is 23.8 Å². The number of amides is 2. The number of methoxy groups -OCH3 is 1. The Morgan fingerprint density at radius 1 is 1.14 bits per heavy atom. The van der Waals surface area contributed by atoms with Gasteiger partial charge in [0.1, 0.15) is 6.54 Å². The maximum absolute atomic E-state index is 12.6. The molecule has 0 unspecified atom stereocenters. The predicted octanol–water partition coefficient (Wildman–Crippen LogP) is 1.98. The number of hydrogen-bond acceptors (Lipinski definition) is 6. The molecule has 2 amide bonds. The first kappa shape index (κ1) is 19.1. The number of amidine groups is 1. The zero-order valence-corrected chi connectivity index (χ0v) is 15.8. The fourth-order valence-corrected chi connectivity index (χ4v) is 2.63. The highest BCUT2D eigenvalue weighted by molar-refractivity contribution is 6.43. The molecule has 0 saturated heterocycles. The van der Waals surface area contributed by atoms with Crippen LogP contribution in [0.2, 0.25) is 0 Å². The molecule has 0 bridgehead atoms. The third-order valence-electron chi connectivity index (χ3n) is 4.25. The van der Waals surface area contributed by atoms with E-state index in [1.54, 1.807) is 31.2 Å². The number of esters is 1. The van der Waals surface area contributed by atoms with Gasteiger partial charge >= 0.3 is 5.97 Å². The van der Waals surface area contributed by atoms with Crippen LogP contribution in [0.4, 0.5) is 11.4 Å². The molecule has 1 aliphatic rings. The molecule has 2 N–H and O–H groups in total. The van der Waals surface area contributed by atoms with Crippen molar-refractivity contribution >= 4 is 35.0 Å². The van der Waals surface area contributed by atoms with Crippen LogP contribution >= 0.6 is 0 Å². The highest BCUT2D eigenvalue weighted by Gasteiger charge is 2.26. The first-order valence-corrected chi connectivity index (χ1v) is 8.60. The third kappa shape index (κ3) is 4.01. The monoisotopic (exact) mass is 380 g/mol. The predicted molar refractivity (Wildman–Crippen MR) is 105 cm³/mol. The summed E-state index contributed by atoms with van der Waals surface area (Å²) in [4.78, 5) is 40.6. The molecule has 0 aliphatic carbocycles. The van der Waals surface area contributed by atoms with E-state index >= 15 is 0 Å². The molecule has 2 aromatic rings. The van der Waals surface area contributed by atoms with Crippen LogP contribution in [0.3, 0.4) is 0 Å². The van der Waals surface area contributed by atoms with E-state index in [0.717, 1.165) is 11.1 Å². The quantitative estimate of drug-likeness (QED) is 0.790. The lowest BCUT2D eigenvalue weighted by Gasteiger charge is -2.27. The van der Waals surface area contributed by atoms with E-state index in [0.29, 0.717) is 16.9 Å². The molecular formula is C20H20N4O4. The van der Waals surface area contributed by atoms with Crippen LogP contribution in [-0.4, -0.2) is 37.3 Å². The number of carbonyl (C=O) groups is 3. The molecule has 0 fully saturated rings. The minimum Gasteiger partial charge on any atom is -0.465 e. The first-order chi connectivity index (χ1) is 13.4. The number of carbonyl (C=O) groups excluding carboxylic acids is 3. The Morgan fingerprint density at radius 3 is 2.54 bits per heavy atom. The minimum atomic E-state index is -0.519. The van der Waals surface area contributed by atoms with E-state index in [1.165, 1.54) is 18.2 Å². The summed E-state index contributed by atoms with van der Waals surface area (Å²) < 4.78 is 4.70. The number of nitrogens with one attached hydrogen (secondary N) is 2. The van der Waals surface area contributed by atoms with Gasteiger partial charge < -0.3 is 10.1 Å². The summed E-state index contributed by atoms with van der Waals surface area (Å²) in [5.74, 6) is -1.29. The molecule has 1 heterocycles. The second-order valence-electron chi connectivity index (χ2n) is 6.32. The van der Waals surface area contributed by atoms with Crippen LogP contribution < -0.4 is 15.8 Å². The summed E-state index contributed by atoms with van der Waals surface area (Å²) in [6.07, 6.45) is 0. The standard InChI is InChI=1S/C20H20N4O4/c1-12-4-8-15(9-5-12)24-17(25)11-21-18(23-24)19(26)22-16-10-14(20(27)28-3)7-6-13(16)2/h4-10H,11H2,1-3H3,(H,21,23)(H,22,26). The maximum atomic E-state index is 12.6. The van der Waals surface area contributed by atoms with E-state index in [2.05, 4.69) is 15.7 Å². The zero-order valence-electron chi connectivity index (χ0n) is 15.8. The Labute approximate surface area is 162 Å². The number of ether oxygens (including phenoxy) is 1. The van der Waals surface area contributed by atoms with Crippen LogP contribution in [0.1, 0.15) is 21.5 Å². The fraction of sp³-hybridized carbons (Fsp3) is 0.200. The largest absolute Gasteiger partial charge is 0.465 e. The SMILES string of the molecule is COC(=O)c1ccc(C)c(NC(=O)C2=NCC(=O)N(c3ccc(C)cc3)N2)c1. The molecule has 0 spiro atoms. The van der Waals surface area contributed by atoms with Gasteiger partial charge in [-0.25, -0.2) is 9.80 Å². The number of nitrogens with zero attached hydrogens (tertiary/aromatic N) is 2. The second-order valence-corrected chi connectivity index (χ2v) is 6.32. The van der Waals surface area contributed by atoms with Crippen molar-refractivity contribution in [2.24, 2.45) is 4.99 Å². The minimum absolute atomic E-state index is 0.00282. The molecule has 0 saturated carbocycles.